The zero-order valence-electron chi connectivity index (χ0n) is 21.5. The number of carbonyl (C=O) groups excluding carboxylic acids is 2. The van der Waals surface area contributed by atoms with E-state index < -0.39 is 41.7 Å². The summed E-state index contributed by atoms with van der Waals surface area (Å²) < 4.78 is 23.4. The molecule has 1 saturated heterocycles. The van der Waals surface area contributed by atoms with E-state index in [0.717, 1.165) is 4.90 Å². The van der Waals surface area contributed by atoms with Gasteiger partial charge >= 0.3 is 19.3 Å². The lowest BCUT2D eigenvalue weighted by atomic mass is 9.74. The highest BCUT2D eigenvalue weighted by Crippen LogP contribution is 2.37. The second kappa shape index (κ2) is 8.34. The molecule has 2 heterocycles. The van der Waals surface area contributed by atoms with Gasteiger partial charge in [-0.05, 0) is 88.6 Å². The Morgan fingerprint density at radius 2 is 1.31 bits per heavy atom. The standard InChI is InChI=1S/C23H37BN2O6/c1-14-16(26(18(27)29-20(3,4)5)19(28)30-21(6,7)8)13-25-15(2)17(14)24-31-22(9,10)23(11,12)32-24/h13H,1-12H3. The van der Waals surface area contributed by atoms with Crippen LogP contribution < -0.4 is 10.4 Å². The summed E-state index contributed by atoms with van der Waals surface area (Å²) in [4.78, 5) is 31.5. The second-order valence-corrected chi connectivity index (χ2v) is 11.2. The van der Waals surface area contributed by atoms with Crippen LogP contribution in [0.4, 0.5) is 15.3 Å². The van der Waals surface area contributed by atoms with Crippen molar-refractivity contribution in [2.75, 3.05) is 4.90 Å². The number of hydrogen-bond acceptors (Lipinski definition) is 7. The fraction of sp³-hybridized carbons (Fsp3) is 0.696. The van der Waals surface area contributed by atoms with Gasteiger partial charge in [0.2, 0.25) is 0 Å². The van der Waals surface area contributed by atoms with Gasteiger partial charge in [0.05, 0.1) is 23.1 Å². The van der Waals surface area contributed by atoms with Crippen molar-refractivity contribution < 1.29 is 28.4 Å². The van der Waals surface area contributed by atoms with Crippen molar-refractivity contribution >= 4 is 30.5 Å². The highest BCUT2D eigenvalue weighted by atomic mass is 16.7. The van der Waals surface area contributed by atoms with Gasteiger partial charge in [0, 0.05) is 11.2 Å². The molecule has 1 fully saturated rings. The van der Waals surface area contributed by atoms with E-state index in [1.165, 1.54) is 6.20 Å². The lowest BCUT2D eigenvalue weighted by Gasteiger charge is -2.32. The molecule has 9 heteroatoms. The first-order chi connectivity index (χ1) is 14.3. The molecule has 1 aliphatic heterocycles. The van der Waals surface area contributed by atoms with Gasteiger partial charge in [0.25, 0.3) is 0 Å². The largest absolute Gasteiger partial charge is 0.497 e. The Balaban J connectivity index is 2.59. The fourth-order valence-electron chi connectivity index (χ4n) is 3.15. The zero-order valence-corrected chi connectivity index (χ0v) is 21.5. The number of rotatable bonds is 2. The summed E-state index contributed by atoms with van der Waals surface area (Å²) in [5, 5.41) is 0. The molecule has 1 aromatic rings. The normalized spacial score (nSPS) is 17.8. The van der Waals surface area contributed by atoms with Gasteiger partial charge in [-0.15, -0.1) is 0 Å². The number of pyridine rings is 1. The molecule has 178 valence electrons. The molecule has 1 aromatic heterocycles. The molecule has 2 rings (SSSR count). The Morgan fingerprint density at radius 3 is 1.69 bits per heavy atom. The van der Waals surface area contributed by atoms with Crippen LogP contribution in [0.5, 0.6) is 0 Å². The molecular weight excluding hydrogens is 411 g/mol. The third-order valence-corrected chi connectivity index (χ3v) is 5.44. The third-order valence-electron chi connectivity index (χ3n) is 5.44. The Morgan fingerprint density at radius 1 is 0.906 bits per heavy atom. The summed E-state index contributed by atoms with van der Waals surface area (Å²) in [5.41, 5.74) is -0.506. The Kier molecular flexibility index (Phi) is 6.81. The van der Waals surface area contributed by atoms with Gasteiger partial charge in [-0.3, -0.25) is 4.98 Å². The number of carbonyl (C=O) groups is 2. The van der Waals surface area contributed by atoms with Crippen LogP contribution in [-0.2, 0) is 18.8 Å². The van der Waals surface area contributed by atoms with E-state index in [4.69, 9.17) is 18.8 Å². The molecule has 0 N–H and O–H groups in total. The van der Waals surface area contributed by atoms with Crippen molar-refractivity contribution in [1.82, 2.24) is 4.98 Å². The molecule has 0 unspecified atom stereocenters. The van der Waals surface area contributed by atoms with Crippen molar-refractivity contribution in [2.45, 2.75) is 105 Å². The number of hydrogen-bond donors (Lipinski definition) is 0. The highest BCUT2D eigenvalue weighted by Gasteiger charge is 2.53. The summed E-state index contributed by atoms with van der Waals surface area (Å²) in [6.45, 7) is 21.9. The lowest BCUT2D eigenvalue weighted by Crippen LogP contribution is -2.46. The zero-order chi connectivity index (χ0) is 24.9. The van der Waals surface area contributed by atoms with Crippen molar-refractivity contribution in [1.29, 1.82) is 0 Å². The average molecular weight is 448 g/mol. The van der Waals surface area contributed by atoms with Gasteiger partial charge in [-0.1, -0.05) is 0 Å². The Labute approximate surface area is 192 Å². The first-order valence-corrected chi connectivity index (χ1v) is 10.8. The van der Waals surface area contributed by atoms with Crippen LogP contribution in [0, 0.1) is 13.8 Å². The molecule has 32 heavy (non-hydrogen) atoms. The molecule has 2 amide bonds. The van der Waals surface area contributed by atoms with Crippen LogP contribution in [0.2, 0.25) is 0 Å². The molecule has 0 saturated carbocycles. The quantitative estimate of drug-likeness (QED) is 0.608. The van der Waals surface area contributed by atoms with E-state index in [-0.39, 0.29) is 5.69 Å². The van der Waals surface area contributed by atoms with Gasteiger partial charge in [0.15, 0.2) is 0 Å². The molecule has 8 nitrogen and oxygen atoms in total. The van der Waals surface area contributed by atoms with Crippen molar-refractivity contribution in [3.63, 3.8) is 0 Å². The van der Waals surface area contributed by atoms with Crippen LogP contribution in [0.25, 0.3) is 0 Å². The van der Waals surface area contributed by atoms with Gasteiger partial charge in [0.1, 0.15) is 11.2 Å². The van der Waals surface area contributed by atoms with E-state index in [2.05, 4.69) is 4.98 Å². The van der Waals surface area contributed by atoms with Crippen LogP contribution in [0.15, 0.2) is 6.20 Å². The minimum atomic E-state index is -0.847. The maximum absolute atomic E-state index is 13.1. The molecule has 0 spiro atoms. The van der Waals surface area contributed by atoms with E-state index in [9.17, 15) is 9.59 Å². The maximum atomic E-state index is 13.1. The van der Waals surface area contributed by atoms with Crippen LogP contribution >= 0.6 is 0 Å². The number of imide groups is 1. The van der Waals surface area contributed by atoms with Gasteiger partial charge < -0.3 is 18.8 Å². The number of anilines is 1. The Bertz CT molecular complexity index is 855. The lowest BCUT2D eigenvalue weighted by molar-refractivity contribution is 0.00578. The number of aryl methyl sites for hydroxylation is 1. The first kappa shape index (κ1) is 26.1. The van der Waals surface area contributed by atoms with Gasteiger partial charge in [-0.25, -0.2) is 9.59 Å². The summed E-state index contributed by atoms with van der Waals surface area (Å²) in [6, 6.07) is 0. The average Bonchev–Trinajstić information content (AvgIpc) is 2.74. The van der Waals surface area contributed by atoms with Crippen LogP contribution in [-0.4, -0.2) is 46.7 Å². The van der Waals surface area contributed by atoms with Crippen molar-refractivity contribution in [3.05, 3.63) is 17.5 Å². The first-order valence-electron chi connectivity index (χ1n) is 10.8. The minimum Gasteiger partial charge on any atom is -0.443 e. The molecule has 0 atom stereocenters. The van der Waals surface area contributed by atoms with E-state index in [0.29, 0.717) is 16.7 Å². The predicted molar refractivity (Wildman–Crippen MR) is 124 cm³/mol. The third kappa shape index (κ3) is 5.62. The van der Waals surface area contributed by atoms with Crippen LogP contribution in [0.3, 0.4) is 0 Å². The van der Waals surface area contributed by atoms with Crippen molar-refractivity contribution in [3.8, 4) is 0 Å². The second-order valence-electron chi connectivity index (χ2n) is 11.2. The topological polar surface area (TPSA) is 87.2 Å². The predicted octanol–water partition coefficient (Wildman–Crippen LogP) is 4.67. The molecule has 0 radical (unpaired) electrons. The van der Waals surface area contributed by atoms with E-state index in [1.54, 1.807) is 48.5 Å². The summed E-state index contributed by atoms with van der Waals surface area (Å²) in [6.07, 6.45) is -0.228. The smallest absolute Gasteiger partial charge is 0.443 e. The maximum Gasteiger partial charge on any atom is 0.497 e. The van der Waals surface area contributed by atoms with Gasteiger partial charge in [-0.2, -0.15) is 4.90 Å². The number of aromatic nitrogens is 1. The SMILES string of the molecule is Cc1ncc(N(C(=O)OC(C)(C)C)C(=O)OC(C)(C)C)c(C)c1B1OC(C)(C)C(C)(C)O1. The van der Waals surface area contributed by atoms with E-state index in [1.807, 2.05) is 34.6 Å². The molecular formula is C23H37BN2O6. The fourth-order valence-corrected chi connectivity index (χ4v) is 3.15. The minimum absolute atomic E-state index is 0.254. The number of amides is 2. The number of nitrogens with zero attached hydrogens (tertiary/aromatic N) is 2. The Hall–Kier alpha value is -2.13. The summed E-state index contributed by atoms with van der Waals surface area (Å²) >= 11 is 0. The summed E-state index contributed by atoms with van der Waals surface area (Å²) in [5.74, 6) is 0. The summed E-state index contributed by atoms with van der Waals surface area (Å²) in [7, 11) is -0.702. The molecule has 0 aromatic carbocycles. The molecule has 0 bridgehead atoms. The molecule has 0 aliphatic carbocycles. The number of ether oxygens (including phenoxy) is 2. The highest BCUT2D eigenvalue weighted by molar-refractivity contribution is 6.63. The van der Waals surface area contributed by atoms with Crippen molar-refractivity contribution in [2.24, 2.45) is 0 Å². The molecule has 1 aliphatic rings. The monoisotopic (exact) mass is 448 g/mol. The van der Waals surface area contributed by atoms with Crippen LogP contribution in [0.1, 0.15) is 80.5 Å². The van der Waals surface area contributed by atoms with E-state index >= 15 is 0 Å².